The maximum Gasteiger partial charge on any atom is 0.311 e. The van der Waals surface area contributed by atoms with Gasteiger partial charge in [0.1, 0.15) is 18.0 Å². The van der Waals surface area contributed by atoms with Gasteiger partial charge in [-0.3, -0.25) is 9.59 Å². The van der Waals surface area contributed by atoms with E-state index in [0.717, 1.165) is 12.8 Å². The van der Waals surface area contributed by atoms with Crippen LogP contribution >= 0.6 is 0 Å². The van der Waals surface area contributed by atoms with Crippen LogP contribution in [0.5, 0.6) is 0 Å². The Labute approximate surface area is 156 Å². The number of hydrogen-bond donors (Lipinski definition) is 1. The van der Waals surface area contributed by atoms with Crippen molar-refractivity contribution in [3.05, 3.63) is 58.8 Å². The van der Waals surface area contributed by atoms with E-state index in [1.165, 1.54) is 18.4 Å². The SMILES string of the molecule is Cc1coc(CC(=O)O)c1C(=O)N(Cc1cccc(F)c1)CC1CCCO1. The minimum absolute atomic E-state index is 0.0855. The molecule has 2 heterocycles. The highest BCUT2D eigenvalue weighted by molar-refractivity contribution is 5.97. The van der Waals surface area contributed by atoms with E-state index in [1.807, 2.05) is 0 Å². The summed E-state index contributed by atoms with van der Waals surface area (Å²) in [6, 6.07) is 6.08. The fraction of sp³-hybridized carbons (Fsp3) is 0.400. The number of benzene rings is 1. The topological polar surface area (TPSA) is 80.0 Å². The molecule has 3 rings (SSSR count). The van der Waals surface area contributed by atoms with Gasteiger partial charge in [-0.1, -0.05) is 12.1 Å². The monoisotopic (exact) mass is 375 g/mol. The molecule has 1 unspecified atom stereocenters. The number of rotatable bonds is 7. The Morgan fingerprint density at radius 1 is 1.37 bits per heavy atom. The third kappa shape index (κ3) is 4.74. The van der Waals surface area contributed by atoms with Gasteiger partial charge in [-0.2, -0.15) is 0 Å². The summed E-state index contributed by atoms with van der Waals surface area (Å²) < 4.78 is 24.5. The third-order valence-electron chi connectivity index (χ3n) is 4.57. The molecule has 1 atom stereocenters. The van der Waals surface area contributed by atoms with Crippen molar-refractivity contribution in [1.82, 2.24) is 4.90 Å². The predicted molar refractivity (Wildman–Crippen MR) is 94.9 cm³/mol. The van der Waals surface area contributed by atoms with Gasteiger partial charge in [0.05, 0.1) is 17.9 Å². The second-order valence-corrected chi connectivity index (χ2v) is 6.74. The van der Waals surface area contributed by atoms with Crippen LogP contribution in [0.3, 0.4) is 0 Å². The largest absolute Gasteiger partial charge is 0.481 e. The zero-order valence-corrected chi connectivity index (χ0v) is 15.1. The van der Waals surface area contributed by atoms with E-state index < -0.39 is 5.97 Å². The molecule has 0 spiro atoms. The lowest BCUT2D eigenvalue weighted by molar-refractivity contribution is -0.136. The fourth-order valence-corrected chi connectivity index (χ4v) is 3.32. The van der Waals surface area contributed by atoms with Crippen LogP contribution in [0.2, 0.25) is 0 Å². The number of halogens is 1. The quantitative estimate of drug-likeness (QED) is 0.804. The number of carbonyl (C=O) groups excluding carboxylic acids is 1. The first-order valence-corrected chi connectivity index (χ1v) is 8.88. The van der Waals surface area contributed by atoms with Crippen LogP contribution in [0.15, 0.2) is 34.9 Å². The van der Waals surface area contributed by atoms with Gasteiger partial charge in [0.15, 0.2) is 0 Å². The highest BCUT2D eigenvalue weighted by atomic mass is 19.1. The first-order valence-electron chi connectivity index (χ1n) is 8.88. The van der Waals surface area contributed by atoms with Gasteiger partial charge in [0.25, 0.3) is 5.91 Å². The molecule has 144 valence electrons. The second kappa shape index (κ2) is 8.35. The van der Waals surface area contributed by atoms with Crippen molar-refractivity contribution in [2.45, 2.75) is 38.8 Å². The predicted octanol–water partition coefficient (Wildman–Crippen LogP) is 3.18. The maximum atomic E-state index is 13.6. The molecule has 1 saturated heterocycles. The van der Waals surface area contributed by atoms with Crippen molar-refractivity contribution in [2.75, 3.05) is 13.2 Å². The Balaban J connectivity index is 1.88. The van der Waals surface area contributed by atoms with Crippen molar-refractivity contribution in [3.8, 4) is 0 Å². The lowest BCUT2D eigenvalue weighted by Crippen LogP contribution is -2.37. The molecule has 2 aromatic rings. The summed E-state index contributed by atoms with van der Waals surface area (Å²) in [7, 11) is 0. The maximum absolute atomic E-state index is 13.6. The summed E-state index contributed by atoms with van der Waals surface area (Å²) in [5.41, 5.74) is 1.49. The molecule has 0 saturated carbocycles. The molecule has 1 aromatic carbocycles. The Bertz CT molecular complexity index is 826. The fourth-order valence-electron chi connectivity index (χ4n) is 3.32. The van der Waals surface area contributed by atoms with Gasteiger partial charge in [-0.15, -0.1) is 0 Å². The number of hydrogen-bond acceptors (Lipinski definition) is 4. The Kier molecular flexibility index (Phi) is 5.91. The van der Waals surface area contributed by atoms with Crippen molar-refractivity contribution in [1.29, 1.82) is 0 Å². The van der Waals surface area contributed by atoms with Crippen LogP contribution in [0, 0.1) is 12.7 Å². The van der Waals surface area contributed by atoms with Crippen molar-refractivity contribution < 1.29 is 28.2 Å². The zero-order valence-electron chi connectivity index (χ0n) is 15.1. The lowest BCUT2D eigenvalue weighted by atomic mass is 10.1. The summed E-state index contributed by atoms with van der Waals surface area (Å²) in [5.74, 6) is -1.66. The summed E-state index contributed by atoms with van der Waals surface area (Å²) >= 11 is 0. The number of carboxylic acid groups (broad SMARTS) is 1. The van der Waals surface area contributed by atoms with Crippen molar-refractivity contribution in [3.63, 3.8) is 0 Å². The number of nitrogens with zero attached hydrogens (tertiary/aromatic N) is 1. The minimum Gasteiger partial charge on any atom is -0.481 e. The minimum atomic E-state index is -1.07. The highest BCUT2D eigenvalue weighted by Crippen LogP contribution is 2.23. The molecule has 1 aliphatic heterocycles. The molecule has 0 aliphatic carbocycles. The van der Waals surface area contributed by atoms with Gasteiger partial charge in [0, 0.05) is 25.3 Å². The molecule has 0 radical (unpaired) electrons. The molecule has 1 amide bonds. The number of ether oxygens (including phenoxy) is 1. The van der Waals surface area contributed by atoms with E-state index in [0.29, 0.717) is 24.3 Å². The standard InChI is InChI=1S/C20H22FNO5/c1-13-12-27-17(9-18(23)24)19(13)20(25)22(11-16-6-3-7-26-16)10-14-4-2-5-15(21)8-14/h2,4-5,8,12,16H,3,6-7,9-11H2,1H3,(H,23,24). The molecule has 0 bridgehead atoms. The molecule has 1 fully saturated rings. The molecule has 1 aliphatic rings. The first kappa shape index (κ1) is 19.1. The Morgan fingerprint density at radius 2 is 2.19 bits per heavy atom. The van der Waals surface area contributed by atoms with Crippen LogP contribution < -0.4 is 0 Å². The Morgan fingerprint density at radius 3 is 2.85 bits per heavy atom. The summed E-state index contributed by atoms with van der Waals surface area (Å²) in [5, 5.41) is 9.07. The van der Waals surface area contributed by atoms with Crippen LogP contribution in [-0.2, 0) is 22.5 Å². The van der Waals surface area contributed by atoms with Crippen LogP contribution in [0.25, 0.3) is 0 Å². The van der Waals surface area contributed by atoms with E-state index in [1.54, 1.807) is 24.0 Å². The average molecular weight is 375 g/mol. The van der Waals surface area contributed by atoms with Crippen molar-refractivity contribution in [2.24, 2.45) is 0 Å². The third-order valence-corrected chi connectivity index (χ3v) is 4.57. The van der Waals surface area contributed by atoms with E-state index in [-0.39, 0.29) is 42.1 Å². The van der Waals surface area contributed by atoms with E-state index in [9.17, 15) is 14.0 Å². The first-order chi connectivity index (χ1) is 12.9. The van der Waals surface area contributed by atoms with E-state index >= 15 is 0 Å². The van der Waals surface area contributed by atoms with Gasteiger partial charge in [-0.25, -0.2) is 4.39 Å². The molecular formula is C20H22FNO5. The molecular weight excluding hydrogens is 353 g/mol. The number of amides is 1. The van der Waals surface area contributed by atoms with Gasteiger partial charge < -0.3 is 19.2 Å². The number of aryl methyl sites for hydroxylation is 1. The number of aliphatic carboxylic acids is 1. The number of carboxylic acids is 1. The van der Waals surface area contributed by atoms with Crippen molar-refractivity contribution >= 4 is 11.9 Å². The second-order valence-electron chi connectivity index (χ2n) is 6.74. The molecule has 7 heteroatoms. The summed E-state index contributed by atoms with van der Waals surface area (Å²) in [6.45, 7) is 2.91. The summed E-state index contributed by atoms with van der Waals surface area (Å²) in [6.07, 6.45) is 2.71. The summed E-state index contributed by atoms with van der Waals surface area (Å²) in [4.78, 5) is 25.9. The number of carbonyl (C=O) groups is 2. The smallest absolute Gasteiger partial charge is 0.311 e. The zero-order chi connectivity index (χ0) is 19.4. The Hall–Kier alpha value is -2.67. The molecule has 27 heavy (non-hydrogen) atoms. The van der Waals surface area contributed by atoms with Crippen LogP contribution in [0.4, 0.5) is 4.39 Å². The van der Waals surface area contributed by atoms with E-state index in [4.69, 9.17) is 14.3 Å². The molecule has 1 N–H and O–H groups in total. The molecule has 1 aromatic heterocycles. The molecule has 6 nitrogen and oxygen atoms in total. The lowest BCUT2D eigenvalue weighted by Gasteiger charge is -2.26. The van der Waals surface area contributed by atoms with E-state index in [2.05, 4.69) is 0 Å². The van der Waals surface area contributed by atoms with Gasteiger partial charge in [0.2, 0.25) is 0 Å². The van der Waals surface area contributed by atoms with Crippen LogP contribution in [0.1, 0.15) is 40.1 Å². The highest BCUT2D eigenvalue weighted by Gasteiger charge is 2.28. The van der Waals surface area contributed by atoms with Gasteiger partial charge >= 0.3 is 5.97 Å². The number of furan rings is 1. The van der Waals surface area contributed by atoms with Crippen LogP contribution in [-0.4, -0.2) is 41.1 Å². The van der Waals surface area contributed by atoms with Gasteiger partial charge in [-0.05, 0) is 37.5 Å². The average Bonchev–Trinajstić information content (AvgIpc) is 3.23. The normalized spacial score (nSPS) is 16.4.